The molecule has 1 aromatic rings. The summed E-state index contributed by atoms with van der Waals surface area (Å²) in [5, 5.41) is 0.790. The van der Waals surface area contributed by atoms with Crippen LogP contribution < -0.4 is 5.73 Å². The first kappa shape index (κ1) is 13.6. The molecule has 3 heteroatoms. The van der Waals surface area contributed by atoms with E-state index in [0.717, 1.165) is 18.0 Å². The van der Waals surface area contributed by atoms with Gasteiger partial charge in [-0.25, -0.2) is 0 Å². The van der Waals surface area contributed by atoms with Gasteiger partial charge in [-0.05, 0) is 44.0 Å². The Balaban J connectivity index is 1.94. The van der Waals surface area contributed by atoms with Crippen LogP contribution in [0.2, 0.25) is 5.02 Å². The van der Waals surface area contributed by atoms with E-state index in [2.05, 4.69) is 43.2 Å². The third-order valence-electron chi connectivity index (χ3n) is 3.74. The van der Waals surface area contributed by atoms with Gasteiger partial charge in [0.1, 0.15) is 0 Å². The minimum Gasteiger partial charge on any atom is -0.324 e. The standard InChI is InChI=1S/C15H21ClN2/c1-11(13-4-6-14(16)7-5-13)18(2)10-12-3-8-15(17)9-12/h3-8,11-12,15H,9-10,17H2,1-2H3. The second kappa shape index (κ2) is 5.87. The fourth-order valence-electron chi connectivity index (χ4n) is 2.47. The fourth-order valence-corrected chi connectivity index (χ4v) is 2.59. The first-order valence-electron chi connectivity index (χ1n) is 6.46. The van der Waals surface area contributed by atoms with Gasteiger partial charge in [-0.3, -0.25) is 4.90 Å². The molecule has 18 heavy (non-hydrogen) atoms. The summed E-state index contributed by atoms with van der Waals surface area (Å²) in [4.78, 5) is 2.37. The number of benzene rings is 1. The van der Waals surface area contributed by atoms with E-state index in [1.54, 1.807) is 0 Å². The molecular weight excluding hydrogens is 244 g/mol. The summed E-state index contributed by atoms with van der Waals surface area (Å²) in [6, 6.07) is 8.74. The van der Waals surface area contributed by atoms with Crippen molar-refractivity contribution in [3.05, 3.63) is 47.0 Å². The van der Waals surface area contributed by atoms with E-state index in [9.17, 15) is 0 Å². The summed E-state index contributed by atoms with van der Waals surface area (Å²) in [5.74, 6) is 0.583. The highest BCUT2D eigenvalue weighted by atomic mass is 35.5. The van der Waals surface area contributed by atoms with Crippen molar-refractivity contribution in [2.75, 3.05) is 13.6 Å². The molecule has 98 valence electrons. The Hall–Kier alpha value is -0.830. The number of hydrogen-bond acceptors (Lipinski definition) is 2. The first-order chi connectivity index (χ1) is 8.56. The average molecular weight is 265 g/mol. The normalized spacial score (nSPS) is 24.7. The predicted molar refractivity (Wildman–Crippen MR) is 77.7 cm³/mol. The summed E-state index contributed by atoms with van der Waals surface area (Å²) >= 11 is 5.91. The highest BCUT2D eigenvalue weighted by molar-refractivity contribution is 6.30. The molecule has 0 bridgehead atoms. The minimum absolute atomic E-state index is 0.245. The smallest absolute Gasteiger partial charge is 0.0406 e. The molecule has 1 aromatic carbocycles. The maximum absolute atomic E-state index is 5.91. The van der Waals surface area contributed by atoms with Gasteiger partial charge in [-0.2, -0.15) is 0 Å². The van der Waals surface area contributed by atoms with E-state index in [-0.39, 0.29) is 6.04 Å². The van der Waals surface area contributed by atoms with Crippen LogP contribution >= 0.6 is 11.6 Å². The van der Waals surface area contributed by atoms with Crippen molar-refractivity contribution < 1.29 is 0 Å². The number of nitrogens with zero attached hydrogens (tertiary/aromatic N) is 1. The lowest BCUT2D eigenvalue weighted by Gasteiger charge is -2.27. The molecule has 3 atom stereocenters. The zero-order chi connectivity index (χ0) is 13.1. The van der Waals surface area contributed by atoms with E-state index in [1.165, 1.54) is 5.56 Å². The van der Waals surface area contributed by atoms with E-state index in [0.29, 0.717) is 12.0 Å². The molecule has 0 amide bonds. The molecule has 2 nitrogen and oxygen atoms in total. The molecular formula is C15H21ClN2. The zero-order valence-corrected chi connectivity index (χ0v) is 11.8. The van der Waals surface area contributed by atoms with Crippen molar-refractivity contribution in [2.24, 2.45) is 11.7 Å². The fraction of sp³-hybridized carbons (Fsp3) is 0.467. The van der Waals surface area contributed by atoms with Crippen molar-refractivity contribution >= 4 is 11.6 Å². The molecule has 0 saturated heterocycles. The van der Waals surface area contributed by atoms with Gasteiger partial charge >= 0.3 is 0 Å². The molecule has 0 spiro atoms. The second-order valence-corrected chi connectivity index (χ2v) is 5.65. The number of rotatable bonds is 4. The van der Waals surface area contributed by atoms with Gasteiger partial charge in [-0.15, -0.1) is 0 Å². The van der Waals surface area contributed by atoms with Crippen LogP contribution in [0.25, 0.3) is 0 Å². The summed E-state index contributed by atoms with van der Waals surface area (Å²) < 4.78 is 0. The number of halogens is 1. The molecule has 0 heterocycles. The van der Waals surface area contributed by atoms with Crippen LogP contribution in [0.3, 0.4) is 0 Å². The van der Waals surface area contributed by atoms with Gasteiger partial charge in [-0.1, -0.05) is 35.9 Å². The highest BCUT2D eigenvalue weighted by Crippen LogP contribution is 2.24. The summed E-state index contributed by atoms with van der Waals surface area (Å²) in [6.07, 6.45) is 5.43. The van der Waals surface area contributed by atoms with Crippen molar-refractivity contribution in [2.45, 2.75) is 25.4 Å². The van der Waals surface area contributed by atoms with E-state index < -0.39 is 0 Å². The molecule has 1 aliphatic carbocycles. The molecule has 1 aliphatic rings. The van der Waals surface area contributed by atoms with Crippen LogP contribution in [0, 0.1) is 5.92 Å². The van der Waals surface area contributed by atoms with E-state index in [4.69, 9.17) is 17.3 Å². The molecule has 0 aliphatic heterocycles. The highest BCUT2D eigenvalue weighted by Gasteiger charge is 2.20. The Morgan fingerprint density at radius 1 is 1.33 bits per heavy atom. The number of nitrogens with two attached hydrogens (primary N) is 1. The van der Waals surface area contributed by atoms with Gasteiger partial charge in [0.25, 0.3) is 0 Å². The van der Waals surface area contributed by atoms with Crippen LogP contribution in [-0.2, 0) is 0 Å². The maximum atomic E-state index is 5.91. The van der Waals surface area contributed by atoms with Crippen LogP contribution in [0.15, 0.2) is 36.4 Å². The third-order valence-corrected chi connectivity index (χ3v) is 3.99. The first-order valence-corrected chi connectivity index (χ1v) is 6.83. The molecule has 0 saturated carbocycles. The van der Waals surface area contributed by atoms with Crippen molar-refractivity contribution in [3.8, 4) is 0 Å². The van der Waals surface area contributed by atoms with Gasteiger partial charge in [0.2, 0.25) is 0 Å². The summed E-state index contributed by atoms with van der Waals surface area (Å²) in [5.41, 5.74) is 7.18. The minimum atomic E-state index is 0.245. The Bertz CT molecular complexity index is 413. The van der Waals surface area contributed by atoms with Gasteiger partial charge < -0.3 is 5.73 Å². The third kappa shape index (κ3) is 3.35. The van der Waals surface area contributed by atoms with Gasteiger partial charge in [0.05, 0.1) is 0 Å². The monoisotopic (exact) mass is 264 g/mol. The zero-order valence-electron chi connectivity index (χ0n) is 11.0. The topological polar surface area (TPSA) is 29.3 Å². The lowest BCUT2D eigenvalue weighted by atomic mass is 10.0. The Morgan fingerprint density at radius 3 is 2.56 bits per heavy atom. The predicted octanol–water partition coefficient (Wildman–Crippen LogP) is 3.24. The second-order valence-electron chi connectivity index (χ2n) is 5.21. The number of hydrogen-bond donors (Lipinski definition) is 1. The average Bonchev–Trinajstić information content (AvgIpc) is 2.75. The summed E-state index contributed by atoms with van der Waals surface area (Å²) in [7, 11) is 2.16. The van der Waals surface area contributed by atoms with Gasteiger partial charge in [0.15, 0.2) is 0 Å². The van der Waals surface area contributed by atoms with Crippen LogP contribution in [0.5, 0.6) is 0 Å². The van der Waals surface area contributed by atoms with Crippen LogP contribution in [0.1, 0.15) is 24.9 Å². The molecule has 0 fully saturated rings. The van der Waals surface area contributed by atoms with Crippen molar-refractivity contribution in [1.29, 1.82) is 0 Å². The summed E-state index contributed by atoms with van der Waals surface area (Å²) in [6.45, 7) is 3.27. The van der Waals surface area contributed by atoms with Crippen LogP contribution in [-0.4, -0.2) is 24.5 Å². The van der Waals surface area contributed by atoms with Crippen molar-refractivity contribution in [3.63, 3.8) is 0 Å². The largest absolute Gasteiger partial charge is 0.324 e. The quantitative estimate of drug-likeness (QED) is 0.846. The Labute approximate surface area is 114 Å². The van der Waals surface area contributed by atoms with Crippen LogP contribution in [0.4, 0.5) is 0 Å². The maximum Gasteiger partial charge on any atom is 0.0406 e. The van der Waals surface area contributed by atoms with Gasteiger partial charge in [0, 0.05) is 23.7 Å². The molecule has 2 rings (SSSR count). The molecule has 2 N–H and O–H groups in total. The SMILES string of the molecule is CC(c1ccc(Cl)cc1)N(C)CC1C=CC(N)C1. The van der Waals surface area contributed by atoms with E-state index >= 15 is 0 Å². The Kier molecular flexibility index (Phi) is 4.44. The Morgan fingerprint density at radius 2 is 2.00 bits per heavy atom. The molecule has 3 unspecified atom stereocenters. The molecule has 0 radical (unpaired) electrons. The lowest BCUT2D eigenvalue weighted by molar-refractivity contribution is 0.234. The van der Waals surface area contributed by atoms with Crippen molar-refractivity contribution in [1.82, 2.24) is 4.90 Å². The molecule has 0 aromatic heterocycles. The van der Waals surface area contributed by atoms with E-state index in [1.807, 2.05) is 12.1 Å². The lowest BCUT2D eigenvalue weighted by Crippen LogP contribution is -2.28.